The summed E-state index contributed by atoms with van der Waals surface area (Å²) in [7, 11) is 0. The number of aliphatic carboxylic acids is 1. The predicted molar refractivity (Wildman–Crippen MR) is 247 cm³/mol. The highest BCUT2D eigenvalue weighted by molar-refractivity contribution is 6.06. The number of carboxylic acids is 1. The SMILES string of the molecule is CCCCCCCCc1ccc(C(=O)NC(C)C(=O)NCC2NC(=O)C(C(=O)O)NC(=O)C(O)CNC(=O)C(C(C)O)NC(=O)C(C(O)C(O)C(N)=O)NC(=O)C(C(C)C)NC(=O)C(CO)NC2=O)cc1. The van der Waals surface area contributed by atoms with E-state index in [1.165, 1.54) is 33.6 Å². The number of aryl methyl sites for hydroxylation is 1. The average Bonchev–Trinajstić information content (AvgIpc) is 3.32. The number of aliphatic hydroxyl groups is 5. The van der Waals surface area contributed by atoms with Gasteiger partial charge in [0.2, 0.25) is 47.4 Å². The van der Waals surface area contributed by atoms with E-state index in [0.717, 1.165) is 44.6 Å². The molecule has 1 heterocycles. The molecular weight excluding hydrogens is 941 g/mol. The summed E-state index contributed by atoms with van der Waals surface area (Å²) in [6.45, 7) is 3.95. The van der Waals surface area contributed by atoms with Gasteiger partial charge in [-0.15, -0.1) is 0 Å². The molecule has 1 aliphatic rings. The first-order chi connectivity index (χ1) is 33.3. The summed E-state index contributed by atoms with van der Waals surface area (Å²) in [6.07, 6.45) is -1.80. The normalized spacial score (nSPS) is 24.0. The van der Waals surface area contributed by atoms with Gasteiger partial charge < -0.3 is 84.2 Å². The maximum atomic E-state index is 13.8. The highest BCUT2D eigenvalue weighted by Gasteiger charge is 2.41. The number of β-amino-alcohol motifs (C(OH)–C–C–N with tert-alkyl or cyclic N) is 1. The van der Waals surface area contributed by atoms with Crippen molar-refractivity contribution in [2.75, 3.05) is 19.7 Å². The topological polar surface area (TPSA) is 443 Å². The number of carbonyl (C=O) groups is 11. The molecule has 1 fully saturated rings. The van der Waals surface area contributed by atoms with Crippen LogP contribution in [0.3, 0.4) is 0 Å². The Labute approximate surface area is 408 Å². The van der Waals surface area contributed by atoms with Crippen LogP contribution in [0.15, 0.2) is 24.3 Å². The summed E-state index contributed by atoms with van der Waals surface area (Å²) in [4.78, 5) is 145. The minimum Gasteiger partial charge on any atom is -0.479 e. The van der Waals surface area contributed by atoms with Gasteiger partial charge in [-0.05, 0) is 50.3 Å². The highest BCUT2D eigenvalue weighted by atomic mass is 16.4. The Hall–Kier alpha value is -6.81. The van der Waals surface area contributed by atoms with Gasteiger partial charge in [0.25, 0.3) is 17.7 Å². The number of nitrogens with two attached hydrogens (primary N) is 1. The van der Waals surface area contributed by atoms with E-state index in [2.05, 4.69) is 28.2 Å². The number of hydrogen-bond acceptors (Lipinski definition) is 16. The second-order valence-corrected chi connectivity index (χ2v) is 17.3. The molecule has 0 bridgehead atoms. The van der Waals surface area contributed by atoms with E-state index in [4.69, 9.17) is 5.73 Å². The minimum atomic E-state index is -2.60. The molecule has 1 aliphatic heterocycles. The Balaban J connectivity index is 2.48. The van der Waals surface area contributed by atoms with Crippen molar-refractivity contribution in [2.24, 2.45) is 11.7 Å². The zero-order valence-electron chi connectivity index (χ0n) is 40.1. The molecule has 0 radical (unpaired) electrons. The first-order valence-electron chi connectivity index (χ1n) is 23.0. The van der Waals surface area contributed by atoms with Gasteiger partial charge in [0.15, 0.2) is 6.10 Å². The largest absolute Gasteiger partial charge is 0.479 e. The molecule has 27 heteroatoms. The number of aliphatic hydroxyl groups excluding tert-OH is 5. The number of hydrogen-bond donors (Lipinski definition) is 16. The fourth-order valence-electron chi connectivity index (χ4n) is 6.78. The standard InChI is InChI=1S/C44H68N10O17/c1-6-7-8-9-10-11-12-23-13-15-24(16-14-23)36(62)48-21(4)35(61)46-17-25-37(63)50-26(19-55)38(64)51-28(20(2)3)41(67)53-30(32(58)33(59)34(45)60)42(68)52-29(22(5)56)40(66)47-18-27(57)39(65)54-31(44(70)71)43(69)49-25/h13-16,20-22,25-33,55-59H,6-12,17-19H2,1-5H3,(H2,45,60)(H,46,61)(H,47,66)(H,48,62)(H,49,69)(H,50,63)(H,51,64)(H,52,68)(H,53,67)(H,54,65)(H,70,71). The van der Waals surface area contributed by atoms with Crippen molar-refractivity contribution in [1.82, 2.24) is 47.9 Å². The third-order valence-electron chi connectivity index (χ3n) is 11.1. The molecule has 1 aromatic rings. The quantitative estimate of drug-likeness (QED) is 0.0453. The van der Waals surface area contributed by atoms with Crippen LogP contribution in [-0.4, -0.2) is 182 Å². The van der Waals surface area contributed by atoms with Crippen LogP contribution in [0.25, 0.3) is 0 Å². The number of carbonyl (C=O) groups excluding carboxylic acids is 10. The van der Waals surface area contributed by atoms with Crippen LogP contribution in [0.2, 0.25) is 0 Å². The molecular formula is C44H68N10O17. The van der Waals surface area contributed by atoms with Gasteiger partial charge >= 0.3 is 5.97 Å². The fourth-order valence-corrected chi connectivity index (χ4v) is 6.78. The van der Waals surface area contributed by atoms with Crippen LogP contribution in [0.4, 0.5) is 0 Å². The Morgan fingerprint density at radius 3 is 1.80 bits per heavy atom. The van der Waals surface area contributed by atoms with Crippen molar-refractivity contribution >= 4 is 65.0 Å². The fraction of sp³-hybridized carbons (Fsp3) is 0.614. The maximum Gasteiger partial charge on any atom is 0.336 e. The van der Waals surface area contributed by atoms with Gasteiger partial charge in [-0.2, -0.15) is 0 Å². The minimum absolute atomic E-state index is 0.220. The lowest BCUT2D eigenvalue weighted by Gasteiger charge is -2.31. The monoisotopic (exact) mass is 1010 g/mol. The lowest BCUT2D eigenvalue weighted by atomic mass is 9.99. The van der Waals surface area contributed by atoms with E-state index >= 15 is 0 Å². The molecule has 10 amide bonds. The summed E-state index contributed by atoms with van der Waals surface area (Å²) >= 11 is 0. The second-order valence-electron chi connectivity index (χ2n) is 17.3. The number of nitrogens with one attached hydrogen (secondary N) is 9. The molecule has 17 N–H and O–H groups in total. The number of carboxylic acid groups (broad SMARTS) is 1. The van der Waals surface area contributed by atoms with Crippen LogP contribution in [-0.2, 0) is 54.4 Å². The lowest BCUT2D eigenvalue weighted by molar-refractivity contribution is -0.148. The van der Waals surface area contributed by atoms with Crippen molar-refractivity contribution in [2.45, 2.75) is 146 Å². The Morgan fingerprint density at radius 2 is 1.24 bits per heavy atom. The molecule has 27 nitrogen and oxygen atoms in total. The van der Waals surface area contributed by atoms with E-state index in [0.29, 0.717) is 0 Å². The average molecular weight is 1010 g/mol. The summed E-state index contributed by atoms with van der Waals surface area (Å²) in [5.74, 6) is -16.3. The van der Waals surface area contributed by atoms with Crippen LogP contribution in [0, 0.1) is 5.92 Å². The van der Waals surface area contributed by atoms with Crippen LogP contribution in [0.1, 0.15) is 89.1 Å². The zero-order chi connectivity index (χ0) is 53.7. The second kappa shape index (κ2) is 29.4. The van der Waals surface area contributed by atoms with E-state index < -0.39 is 157 Å². The van der Waals surface area contributed by atoms with Crippen LogP contribution >= 0.6 is 0 Å². The Morgan fingerprint density at radius 1 is 0.690 bits per heavy atom. The molecule has 0 saturated carbocycles. The number of amides is 10. The molecule has 0 aliphatic carbocycles. The molecule has 11 unspecified atom stereocenters. The van der Waals surface area contributed by atoms with E-state index in [1.54, 1.807) is 29.6 Å². The molecule has 2 rings (SSSR count). The van der Waals surface area contributed by atoms with Crippen LogP contribution in [0.5, 0.6) is 0 Å². The molecule has 71 heavy (non-hydrogen) atoms. The molecule has 11 atom stereocenters. The molecule has 0 spiro atoms. The first kappa shape index (κ1) is 60.3. The van der Waals surface area contributed by atoms with Gasteiger partial charge in [0.05, 0.1) is 19.3 Å². The summed E-state index contributed by atoms with van der Waals surface area (Å²) < 4.78 is 0. The van der Waals surface area contributed by atoms with Crippen molar-refractivity contribution in [3.05, 3.63) is 35.4 Å². The smallest absolute Gasteiger partial charge is 0.336 e. The van der Waals surface area contributed by atoms with Crippen molar-refractivity contribution in [1.29, 1.82) is 0 Å². The molecule has 396 valence electrons. The van der Waals surface area contributed by atoms with E-state index in [-0.39, 0.29) is 5.56 Å². The zero-order valence-corrected chi connectivity index (χ0v) is 40.1. The Kier molecular flexibility index (Phi) is 25.0. The number of primary amides is 1. The Bertz CT molecular complexity index is 2060. The van der Waals surface area contributed by atoms with E-state index in [1.807, 2.05) is 21.3 Å². The third-order valence-corrected chi connectivity index (χ3v) is 11.1. The van der Waals surface area contributed by atoms with Crippen molar-refractivity contribution in [3.8, 4) is 0 Å². The van der Waals surface area contributed by atoms with Gasteiger partial charge in [0.1, 0.15) is 48.5 Å². The lowest BCUT2D eigenvalue weighted by Crippen LogP contribution is -2.66. The first-order valence-corrected chi connectivity index (χ1v) is 23.0. The molecule has 1 saturated heterocycles. The van der Waals surface area contributed by atoms with Crippen molar-refractivity contribution < 1.29 is 83.4 Å². The molecule has 0 aromatic heterocycles. The van der Waals surface area contributed by atoms with Gasteiger partial charge in [-0.3, -0.25) is 47.9 Å². The predicted octanol–water partition coefficient (Wildman–Crippen LogP) is -6.46. The van der Waals surface area contributed by atoms with Gasteiger partial charge in [-0.25, -0.2) is 4.79 Å². The summed E-state index contributed by atoms with van der Waals surface area (Å²) in [5.41, 5.74) is 6.32. The van der Waals surface area contributed by atoms with Gasteiger partial charge in [-0.1, -0.05) is 65.0 Å². The third kappa shape index (κ3) is 19.1. The van der Waals surface area contributed by atoms with Crippen LogP contribution < -0.4 is 53.6 Å². The summed E-state index contributed by atoms with van der Waals surface area (Å²) in [5, 5.41) is 80.8. The molecule has 1 aromatic carbocycles. The van der Waals surface area contributed by atoms with E-state index in [9.17, 15) is 83.4 Å². The maximum absolute atomic E-state index is 13.8. The number of benzene rings is 1. The van der Waals surface area contributed by atoms with Gasteiger partial charge in [0, 0.05) is 12.1 Å². The summed E-state index contributed by atoms with van der Waals surface area (Å²) in [6, 6.07) is -7.35. The number of rotatable bonds is 19. The highest BCUT2D eigenvalue weighted by Crippen LogP contribution is 2.12. The van der Waals surface area contributed by atoms with Crippen molar-refractivity contribution in [3.63, 3.8) is 0 Å². The number of unbranched alkanes of at least 4 members (excludes halogenated alkanes) is 5.